The minimum Gasteiger partial charge on any atom is -0.481 e. The van der Waals surface area contributed by atoms with Gasteiger partial charge >= 0.3 is 5.97 Å². The third-order valence-electron chi connectivity index (χ3n) is 1.59. The molecule has 1 rings (SSSR count). The van der Waals surface area contributed by atoms with Crippen molar-refractivity contribution in [1.82, 2.24) is 0 Å². The molecule has 0 heterocycles. The number of hydrogen-bond acceptors (Lipinski definition) is 2. The third kappa shape index (κ3) is 2.21. The van der Waals surface area contributed by atoms with Crippen molar-refractivity contribution in [2.24, 2.45) is 0 Å². The Hall–Kier alpha value is -1.60. The van der Waals surface area contributed by atoms with E-state index in [0.29, 0.717) is 0 Å². The predicted molar refractivity (Wildman–Crippen MR) is 47.5 cm³/mol. The number of carboxylic acids is 1. The molecule has 0 amide bonds. The summed E-state index contributed by atoms with van der Waals surface area (Å²) < 4.78 is 13.1. The van der Waals surface area contributed by atoms with E-state index in [-0.39, 0.29) is 16.1 Å². The fraction of sp³-hybridized carbons (Fsp3) is 0.111. The quantitative estimate of drug-likeness (QED) is 0.817. The molecule has 0 bridgehead atoms. The molecule has 0 aliphatic carbocycles. The van der Waals surface area contributed by atoms with Gasteiger partial charge in [-0.2, -0.15) is 5.26 Å². The van der Waals surface area contributed by atoms with Crippen LogP contribution in [0.15, 0.2) is 12.1 Å². The van der Waals surface area contributed by atoms with Gasteiger partial charge < -0.3 is 5.11 Å². The zero-order valence-electron chi connectivity index (χ0n) is 6.92. The first kappa shape index (κ1) is 10.5. The summed E-state index contributed by atoms with van der Waals surface area (Å²) >= 11 is 5.52. The van der Waals surface area contributed by atoms with E-state index in [4.69, 9.17) is 22.0 Å². The number of nitrogens with zero attached hydrogens (tertiary/aromatic N) is 1. The summed E-state index contributed by atoms with van der Waals surface area (Å²) in [6.07, 6.45) is -0.416. The number of benzene rings is 1. The molecule has 3 nitrogen and oxygen atoms in total. The van der Waals surface area contributed by atoms with Gasteiger partial charge in [-0.05, 0) is 17.7 Å². The lowest BCUT2D eigenvalue weighted by Crippen LogP contribution is -2.03. The van der Waals surface area contributed by atoms with Crippen molar-refractivity contribution in [3.8, 4) is 6.07 Å². The van der Waals surface area contributed by atoms with Crippen molar-refractivity contribution in [3.63, 3.8) is 0 Å². The van der Waals surface area contributed by atoms with Gasteiger partial charge in [0.1, 0.15) is 11.9 Å². The fourth-order valence-corrected chi connectivity index (χ4v) is 1.28. The molecule has 0 unspecified atom stereocenters. The standard InChI is InChI=1S/C9H5ClFNO2/c10-6-1-5(2-9(13)14)7(4-12)8(11)3-6/h1,3H,2H2,(H,13,14). The monoisotopic (exact) mass is 213 g/mol. The second-order valence-electron chi connectivity index (χ2n) is 2.60. The Morgan fingerprint density at radius 1 is 1.64 bits per heavy atom. The molecule has 0 saturated heterocycles. The Bertz CT molecular complexity index is 426. The van der Waals surface area contributed by atoms with Gasteiger partial charge in [0.2, 0.25) is 0 Å². The SMILES string of the molecule is N#Cc1c(F)cc(Cl)cc1CC(=O)O. The van der Waals surface area contributed by atoms with E-state index < -0.39 is 18.2 Å². The highest BCUT2D eigenvalue weighted by Gasteiger charge is 2.12. The van der Waals surface area contributed by atoms with Crippen LogP contribution in [0.4, 0.5) is 4.39 Å². The lowest BCUT2D eigenvalue weighted by molar-refractivity contribution is -0.136. The van der Waals surface area contributed by atoms with Crippen molar-refractivity contribution in [2.75, 3.05) is 0 Å². The number of halogens is 2. The number of carbonyl (C=O) groups is 1. The summed E-state index contributed by atoms with van der Waals surface area (Å²) in [4.78, 5) is 10.4. The molecule has 1 N–H and O–H groups in total. The Morgan fingerprint density at radius 3 is 2.79 bits per heavy atom. The Labute approximate surface area is 84.3 Å². The summed E-state index contributed by atoms with van der Waals surface area (Å²) in [5.41, 5.74) is -0.179. The smallest absolute Gasteiger partial charge is 0.307 e. The third-order valence-corrected chi connectivity index (χ3v) is 1.81. The molecule has 0 fully saturated rings. The Morgan fingerprint density at radius 2 is 2.29 bits per heavy atom. The average Bonchev–Trinajstić information content (AvgIpc) is 2.01. The van der Waals surface area contributed by atoms with Crippen LogP contribution in [0, 0.1) is 17.1 Å². The molecule has 1 aromatic carbocycles. The lowest BCUT2D eigenvalue weighted by atomic mass is 10.1. The highest BCUT2D eigenvalue weighted by molar-refractivity contribution is 6.30. The zero-order valence-corrected chi connectivity index (χ0v) is 7.68. The number of rotatable bonds is 2. The van der Waals surface area contributed by atoms with Crippen LogP contribution in [0.25, 0.3) is 0 Å². The van der Waals surface area contributed by atoms with Crippen LogP contribution in [0.3, 0.4) is 0 Å². The maximum absolute atomic E-state index is 13.1. The van der Waals surface area contributed by atoms with Crippen molar-refractivity contribution < 1.29 is 14.3 Å². The van der Waals surface area contributed by atoms with Crippen LogP contribution in [0.1, 0.15) is 11.1 Å². The van der Waals surface area contributed by atoms with Gasteiger partial charge in [0.15, 0.2) is 0 Å². The second kappa shape index (κ2) is 4.07. The van der Waals surface area contributed by atoms with E-state index in [2.05, 4.69) is 0 Å². The van der Waals surface area contributed by atoms with E-state index in [1.807, 2.05) is 0 Å². The van der Waals surface area contributed by atoms with Crippen molar-refractivity contribution >= 4 is 17.6 Å². The zero-order chi connectivity index (χ0) is 10.7. The minimum absolute atomic E-state index is 0.0813. The molecule has 0 aliphatic heterocycles. The van der Waals surface area contributed by atoms with Crippen molar-refractivity contribution in [2.45, 2.75) is 6.42 Å². The van der Waals surface area contributed by atoms with E-state index in [0.717, 1.165) is 6.07 Å². The molecule has 5 heteroatoms. The highest BCUT2D eigenvalue weighted by atomic mass is 35.5. The Balaban J connectivity index is 3.26. The molecule has 14 heavy (non-hydrogen) atoms. The normalized spacial score (nSPS) is 9.50. The maximum atomic E-state index is 13.1. The topological polar surface area (TPSA) is 61.1 Å². The van der Waals surface area contributed by atoms with Gasteiger partial charge in [-0.3, -0.25) is 4.79 Å². The molecule has 0 radical (unpaired) electrons. The van der Waals surface area contributed by atoms with Gasteiger partial charge in [-0.15, -0.1) is 0 Å². The molecular weight excluding hydrogens is 209 g/mol. The van der Waals surface area contributed by atoms with Gasteiger partial charge in [0.25, 0.3) is 0 Å². The van der Waals surface area contributed by atoms with Crippen molar-refractivity contribution in [3.05, 3.63) is 34.1 Å². The first-order valence-corrected chi connectivity index (χ1v) is 4.02. The highest BCUT2D eigenvalue weighted by Crippen LogP contribution is 2.19. The largest absolute Gasteiger partial charge is 0.481 e. The lowest BCUT2D eigenvalue weighted by Gasteiger charge is -2.02. The van der Waals surface area contributed by atoms with Gasteiger partial charge in [-0.1, -0.05) is 11.6 Å². The van der Waals surface area contributed by atoms with E-state index in [1.165, 1.54) is 6.07 Å². The van der Waals surface area contributed by atoms with E-state index in [9.17, 15) is 9.18 Å². The van der Waals surface area contributed by atoms with E-state index in [1.54, 1.807) is 6.07 Å². The fourth-order valence-electron chi connectivity index (χ4n) is 1.05. The Kier molecular flexibility index (Phi) is 3.05. The first-order chi connectivity index (χ1) is 6.54. The number of hydrogen-bond donors (Lipinski definition) is 1. The van der Waals surface area contributed by atoms with Crippen LogP contribution < -0.4 is 0 Å². The minimum atomic E-state index is -1.14. The van der Waals surface area contributed by atoms with Crippen LogP contribution >= 0.6 is 11.6 Å². The number of aliphatic carboxylic acids is 1. The molecule has 0 atom stereocenters. The summed E-state index contributed by atoms with van der Waals surface area (Å²) in [7, 11) is 0. The average molecular weight is 214 g/mol. The van der Waals surface area contributed by atoms with Gasteiger partial charge in [-0.25, -0.2) is 4.39 Å². The number of carboxylic acid groups (broad SMARTS) is 1. The summed E-state index contributed by atoms with van der Waals surface area (Å²) in [5.74, 6) is -1.93. The van der Waals surface area contributed by atoms with Gasteiger partial charge in [0, 0.05) is 5.02 Å². The summed E-state index contributed by atoms with van der Waals surface area (Å²) in [5, 5.41) is 17.2. The molecule has 0 aromatic heterocycles. The summed E-state index contributed by atoms with van der Waals surface area (Å²) in [6, 6.07) is 3.85. The number of nitriles is 1. The molecule has 0 spiro atoms. The van der Waals surface area contributed by atoms with E-state index >= 15 is 0 Å². The van der Waals surface area contributed by atoms with Crippen LogP contribution in [0.5, 0.6) is 0 Å². The predicted octanol–water partition coefficient (Wildman–Crippen LogP) is 1.98. The van der Waals surface area contributed by atoms with Crippen LogP contribution in [-0.2, 0) is 11.2 Å². The molecule has 72 valence electrons. The summed E-state index contributed by atoms with van der Waals surface area (Å²) in [6.45, 7) is 0. The molecule has 0 saturated carbocycles. The van der Waals surface area contributed by atoms with Crippen molar-refractivity contribution in [1.29, 1.82) is 5.26 Å². The molecular formula is C9H5ClFNO2. The maximum Gasteiger partial charge on any atom is 0.307 e. The van der Waals surface area contributed by atoms with Crippen LogP contribution in [-0.4, -0.2) is 11.1 Å². The van der Waals surface area contributed by atoms with Gasteiger partial charge in [0.05, 0.1) is 12.0 Å². The molecule has 1 aromatic rings. The van der Waals surface area contributed by atoms with Crippen LogP contribution in [0.2, 0.25) is 5.02 Å². The first-order valence-electron chi connectivity index (χ1n) is 3.64. The second-order valence-corrected chi connectivity index (χ2v) is 3.04. The molecule has 0 aliphatic rings.